The molecule has 0 bridgehead atoms. The summed E-state index contributed by atoms with van der Waals surface area (Å²) < 4.78 is 0. The second-order valence-corrected chi connectivity index (χ2v) is 7.75. The molecule has 0 radical (unpaired) electrons. The monoisotopic (exact) mass is 409 g/mol. The molecule has 3 nitrogen and oxygen atoms in total. The van der Waals surface area contributed by atoms with Crippen molar-refractivity contribution in [3.8, 4) is 33.9 Å². The number of fused-ring (bicyclic) bond motifs is 2. The molecule has 0 aliphatic heterocycles. The van der Waals surface area contributed by atoms with Crippen LogP contribution >= 0.6 is 0 Å². The molecule has 6 rings (SSSR count). The predicted octanol–water partition coefficient (Wildman–Crippen LogP) is 7.18. The van der Waals surface area contributed by atoms with Crippen molar-refractivity contribution in [2.75, 3.05) is 0 Å². The van der Waals surface area contributed by atoms with E-state index in [0.29, 0.717) is 0 Å². The number of aromatic nitrogens is 3. The van der Waals surface area contributed by atoms with Gasteiger partial charge in [0, 0.05) is 12.4 Å². The maximum absolute atomic E-state index is 4.93. The summed E-state index contributed by atoms with van der Waals surface area (Å²) >= 11 is 0. The number of nitrogens with zero attached hydrogens (tertiary/aromatic N) is 3. The molecule has 0 fully saturated rings. The normalized spacial score (nSPS) is 11.1. The third-order valence-corrected chi connectivity index (χ3v) is 5.74. The lowest BCUT2D eigenvalue weighted by Crippen LogP contribution is -1.95. The highest BCUT2D eigenvalue weighted by Gasteiger charge is 2.14. The van der Waals surface area contributed by atoms with Gasteiger partial charge in [-0.3, -0.25) is 9.97 Å². The van der Waals surface area contributed by atoms with E-state index in [4.69, 9.17) is 4.98 Å². The lowest BCUT2D eigenvalue weighted by molar-refractivity contribution is 1.22. The van der Waals surface area contributed by atoms with E-state index in [1.54, 1.807) is 12.4 Å². The first-order valence-electron chi connectivity index (χ1n) is 10.6. The molecule has 32 heavy (non-hydrogen) atoms. The lowest BCUT2D eigenvalue weighted by Gasteiger charge is -2.14. The summed E-state index contributed by atoms with van der Waals surface area (Å²) in [5, 5.41) is 4.88. The first-order valence-corrected chi connectivity index (χ1v) is 10.6. The standard InChI is InChI=1S/C29H19N3/c1-3-11-23-20(9-1)17-21-10-2-4-12-24(21)29(23)22-18-27(25-13-5-7-15-30-25)32-28(19-22)26-14-6-8-16-31-26/h1-19H. The van der Waals surface area contributed by atoms with Crippen molar-refractivity contribution < 1.29 is 0 Å². The van der Waals surface area contributed by atoms with Crippen molar-refractivity contribution in [2.24, 2.45) is 0 Å². The molecule has 3 aromatic heterocycles. The molecule has 6 aromatic rings. The summed E-state index contributed by atoms with van der Waals surface area (Å²) in [5.74, 6) is 0. The molecule has 0 saturated carbocycles. The van der Waals surface area contributed by atoms with Gasteiger partial charge in [0.05, 0.1) is 22.8 Å². The van der Waals surface area contributed by atoms with Crippen molar-refractivity contribution in [3.63, 3.8) is 0 Å². The second kappa shape index (κ2) is 7.71. The van der Waals surface area contributed by atoms with Crippen LogP contribution in [0, 0.1) is 0 Å². The Morgan fingerprint density at radius 3 is 1.44 bits per heavy atom. The Morgan fingerprint density at radius 2 is 0.938 bits per heavy atom. The van der Waals surface area contributed by atoms with Crippen molar-refractivity contribution in [2.45, 2.75) is 0 Å². The SMILES string of the molecule is c1ccc(-c2cc(-c3c4ccccc4cc4ccccc34)cc(-c3ccccn3)n2)nc1. The maximum Gasteiger partial charge on any atom is 0.0900 e. The largest absolute Gasteiger partial charge is 0.255 e. The van der Waals surface area contributed by atoms with Crippen LogP contribution in [0.4, 0.5) is 0 Å². The zero-order chi connectivity index (χ0) is 21.3. The Bertz CT molecular complexity index is 1450. The second-order valence-electron chi connectivity index (χ2n) is 7.75. The van der Waals surface area contributed by atoms with Gasteiger partial charge in [-0.1, -0.05) is 60.7 Å². The van der Waals surface area contributed by atoms with Gasteiger partial charge in [-0.2, -0.15) is 0 Å². The van der Waals surface area contributed by atoms with E-state index >= 15 is 0 Å². The van der Waals surface area contributed by atoms with Crippen molar-refractivity contribution in [1.82, 2.24) is 15.0 Å². The molecular weight excluding hydrogens is 390 g/mol. The Hall–Kier alpha value is -4.37. The molecule has 0 aliphatic rings. The van der Waals surface area contributed by atoms with Crippen molar-refractivity contribution in [3.05, 3.63) is 116 Å². The molecule has 0 atom stereocenters. The molecule has 0 amide bonds. The zero-order valence-corrected chi connectivity index (χ0v) is 17.3. The number of hydrogen-bond acceptors (Lipinski definition) is 3. The molecule has 3 aromatic carbocycles. The van der Waals surface area contributed by atoms with E-state index < -0.39 is 0 Å². The summed E-state index contributed by atoms with van der Waals surface area (Å²) in [6.07, 6.45) is 3.61. The van der Waals surface area contributed by atoms with Crippen molar-refractivity contribution >= 4 is 21.5 Å². The van der Waals surface area contributed by atoms with Gasteiger partial charge in [-0.15, -0.1) is 0 Å². The lowest BCUT2D eigenvalue weighted by atomic mass is 9.91. The fourth-order valence-electron chi connectivity index (χ4n) is 4.29. The van der Waals surface area contributed by atoms with Crippen LogP contribution in [0.15, 0.2) is 116 Å². The van der Waals surface area contributed by atoms with Gasteiger partial charge in [-0.05, 0) is 75.1 Å². The molecule has 0 saturated heterocycles. The van der Waals surface area contributed by atoms with Gasteiger partial charge in [0.2, 0.25) is 0 Å². The molecule has 3 heteroatoms. The highest BCUT2D eigenvalue weighted by atomic mass is 14.8. The van der Waals surface area contributed by atoms with E-state index in [0.717, 1.165) is 28.3 Å². The minimum atomic E-state index is 0.834. The summed E-state index contributed by atoms with van der Waals surface area (Å²) in [7, 11) is 0. The average Bonchev–Trinajstić information content (AvgIpc) is 2.88. The minimum absolute atomic E-state index is 0.834. The maximum atomic E-state index is 4.93. The van der Waals surface area contributed by atoms with Crippen LogP contribution < -0.4 is 0 Å². The molecular formula is C29H19N3. The topological polar surface area (TPSA) is 38.7 Å². The Labute approximate surface area is 186 Å². The number of benzene rings is 3. The Morgan fingerprint density at radius 1 is 0.438 bits per heavy atom. The average molecular weight is 409 g/mol. The zero-order valence-electron chi connectivity index (χ0n) is 17.3. The highest BCUT2D eigenvalue weighted by Crippen LogP contribution is 2.38. The highest BCUT2D eigenvalue weighted by molar-refractivity contribution is 6.13. The van der Waals surface area contributed by atoms with E-state index in [1.807, 2.05) is 36.4 Å². The first-order chi connectivity index (χ1) is 15.9. The molecule has 0 unspecified atom stereocenters. The third-order valence-electron chi connectivity index (χ3n) is 5.74. The van der Waals surface area contributed by atoms with Gasteiger partial charge >= 0.3 is 0 Å². The van der Waals surface area contributed by atoms with E-state index in [2.05, 4.69) is 76.7 Å². The summed E-state index contributed by atoms with van der Waals surface area (Å²) in [4.78, 5) is 14.1. The van der Waals surface area contributed by atoms with Crippen LogP contribution in [0.25, 0.3) is 55.4 Å². The van der Waals surface area contributed by atoms with Gasteiger partial charge < -0.3 is 0 Å². The van der Waals surface area contributed by atoms with E-state index in [-0.39, 0.29) is 0 Å². The van der Waals surface area contributed by atoms with Crippen LogP contribution in [0.5, 0.6) is 0 Å². The summed E-state index contributed by atoms with van der Waals surface area (Å²) in [6.45, 7) is 0. The van der Waals surface area contributed by atoms with E-state index in [9.17, 15) is 0 Å². The molecule has 150 valence electrons. The summed E-state index contributed by atoms with van der Waals surface area (Å²) in [6, 6.07) is 35.5. The molecule has 0 N–H and O–H groups in total. The van der Waals surface area contributed by atoms with Gasteiger partial charge in [-0.25, -0.2) is 4.98 Å². The predicted molar refractivity (Wildman–Crippen MR) is 131 cm³/mol. The fraction of sp³-hybridized carbons (Fsp3) is 0. The van der Waals surface area contributed by atoms with Gasteiger partial charge in [0.1, 0.15) is 0 Å². The van der Waals surface area contributed by atoms with Gasteiger partial charge in [0.25, 0.3) is 0 Å². The summed E-state index contributed by atoms with van der Waals surface area (Å²) in [5.41, 5.74) is 5.67. The third kappa shape index (κ3) is 3.21. The fourth-order valence-corrected chi connectivity index (χ4v) is 4.29. The quantitative estimate of drug-likeness (QED) is 0.291. The number of rotatable bonds is 3. The first kappa shape index (κ1) is 18.4. The number of pyridine rings is 3. The van der Waals surface area contributed by atoms with Crippen LogP contribution in [0.2, 0.25) is 0 Å². The number of hydrogen-bond donors (Lipinski definition) is 0. The minimum Gasteiger partial charge on any atom is -0.255 e. The van der Waals surface area contributed by atoms with Crippen LogP contribution in [0.3, 0.4) is 0 Å². The Balaban J connectivity index is 1.71. The smallest absolute Gasteiger partial charge is 0.0900 e. The van der Waals surface area contributed by atoms with Crippen LogP contribution in [-0.4, -0.2) is 15.0 Å². The van der Waals surface area contributed by atoms with Crippen molar-refractivity contribution in [1.29, 1.82) is 0 Å². The molecule has 0 aliphatic carbocycles. The van der Waals surface area contributed by atoms with Gasteiger partial charge in [0.15, 0.2) is 0 Å². The molecule has 3 heterocycles. The van der Waals surface area contributed by atoms with Crippen LogP contribution in [0.1, 0.15) is 0 Å². The van der Waals surface area contributed by atoms with E-state index in [1.165, 1.54) is 27.1 Å². The van der Waals surface area contributed by atoms with Crippen LogP contribution in [-0.2, 0) is 0 Å². The Kier molecular flexibility index (Phi) is 4.43. The molecule has 0 spiro atoms.